The number of fused-ring (bicyclic) bond motifs is 1. The van der Waals surface area contributed by atoms with Gasteiger partial charge in [-0.05, 0) is 37.6 Å². The number of anilines is 1. The van der Waals surface area contributed by atoms with Crippen molar-refractivity contribution in [3.8, 4) is 5.75 Å². The van der Waals surface area contributed by atoms with Crippen LogP contribution in [-0.4, -0.2) is 33.6 Å². The standard InChI is InChI=1S/C20H20N4O3S/c1-2-26-15-6-3-8-17-18(15)22-20(28-17)24(19(25)16-7-4-13-27-16)11-5-10-23-12-9-21-14-23/h3-4,6-9,12-14H,2,5,10-11H2,1H3. The third-order valence-corrected chi connectivity index (χ3v) is 5.28. The van der Waals surface area contributed by atoms with Crippen LogP contribution in [0.5, 0.6) is 5.75 Å². The van der Waals surface area contributed by atoms with Crippen molar-refractivity contribution in [2.75, 3.05) is 18.1 Å². The minimum Gasteiger partial charge on any atom is -0.492 e. The quantitative estimate of drug-likeness (QED) is 0.446. The van der Waals surface area contributed by atoms with E-state index in [0.29, 0.717) is 24.0 Å². The number of hydrogen-bond donors (Lipinski definition) is 0. The average Bonchev–Trinajstić information content (AvgIpc) is 3.47. The molecule has 0 saturated carbocycles. The van der Waals surface area contributed by atoms with Crippen molar-refractivity contribution in [3.05, 3.63) is 61.1 Å². The fourth-order valence-electron chi connectivity index (χ4n) is 2.95. The predicted molar refractivity (Wildman–Crippen MR) is 108 cm³/mol. The Morgan fingerprint density at radius 1 is 1.32 bits per heavy atom. The molecule has 0 bridgehead atoms. The van der Waals surface area contributed by atoms with Crippen LogP contribution >= 0.6 is 11.3 Å². The summed E-state index contributed by atoms with van der Waals surface area (Å²) < 4.78 is 14.0. The van der Waals surface area contributed by atoms with E-state index in [1.165, 1.54) is 17.6 Å². The summed E-state index contributed by atoms with van der Waals surface area (Å²) in [4.78, 5) is 23.5. The lowest BCUT2D eigenvalue weighted by Crippen LogP contribution is -2.32. The SMILES string of the molecule is CCOc1cccc2sc(N(CCCn3ccnc3)C(=O)c3ccco3)nc12. The monoisotopic (exact) mass is 396 g/mol. The van der Waals surface area contributed by atoms with Crippen molar-refractivity contribution >= 4 is 32.6 Å². The maximum absolute atomic E-state index is 13.0. The summed E-state index contributed by atoms with van der Waals surface area (Å²) in [6, 6.07) is 9.20. The van der Waals surface area contributed by atoms with Crippen LogP contribution in [0.1, 0.15) is 23.9 Å². The number of amides is 1. The first-order chi connectivity index (χ1) is 13.8. The van der Waals surface area contributed by atoms with E-state index in [0.717, 1.165) is 28.9 Å². The fourth-order valence-corrected chi connectivity index (χ4v) is 3.95. The molecule has 0 spiro atoms. The number of imidazole rings is 1. The first kappa shape index (κ1) is 18.2. The predicted octanol–water partition coefficient (Wildman–Crippen LogP) is 4.22. The number of hydrogen-bond acceptors (Lipinski definition) is 6. The van der Waals surface area contributed by atoms with Gasteiger partial charge in [0.2, 0.25) is 0 Å². The molecule has 28 heavy (non-hydrogen) atoms. The molecule has 144 valence electrons. The molecule has 8 heteroatoms. The van der Waals surface area contributed by atoms with Crippen LogP contribution in [0.2, 0.25) is 0 Å². The van der Waals surface area contributed by atoms with Crippen LogP contribution in [0.25, 0.3) is 10.2 Å². The van der Waals surface area contributed by atoms with Gasteiger partial charge in [-0.2, -0.15) is 0 Å². The van der Waals surface area contributed by atoms with Gasteiger partial charge in [0.1, 0.15) is 11.3 Å². The number of rotatable bonds is 8. The molecular weight excluding hydrogens is 376 g/mol. The number of aromatic nitrogens is 3. The smallest absolute Gasteiger partial charge is 0.295 e. The lowest BCUT2D eigenvalue weighted by atomic mass is 10.3. The van der Waals surface area contributed by atoms with E-state index in [1.807, 2.05) is 35.9 Å². The van der Waals surface area contributed by atoms with Crippen molar-refractivity contribution in [1.82, 2.24) is 14.5 Å². The van der Waals surface area contributed by atoms with E-state index in [4.69, 9.17) is 14.1 Å². The Labute approximate surface area is 166 Å². The molecule has 4 rings (SSSR count). The van der Waals surface area contributed by atoms with E-state index in [-0.39, 0.29) is 5.91 Å². The lowest BCUT2D eigenvalue weighted by Gasteiger charge is -2.18. The van der Waals surface area contributed by atoms with Gasteiger partial charge in [0.05, 0.1) is 23.9 Å². The minimum atomic E-state index is -0.201. The molecule has 0 aliphatic carbocycles. The van der Waals surface area contributed by atoms with E-state index < -0.39 is 0 Å². The largest absolute Gasteiger partial charge is 0.492 e. The number of benzene rings is 1. The summed E-state index contributed by atoms with van der Waals surface area (Å²) in [5.74, 6) is 0.825. The number of para-hydroxylation sites is 1. The molecule has 3 heterocycles. The highest BCUT2D eigenvalue weighted by Gasteiger charge is 2.23. The number of aryl methyl sites for hydroxylation is 1. The Hall–Kier alpha value is -3.13. The summed E-state index contributed by atoms with van der Waals surface area (Å²) in [6.45, 7) is 3.78. The molecule has 0 atom stereocenters. The maximum Gasteiger partial charge on any atom is 0.295 e. The molecule has 0 saturated heterocycles. The number of furan rings is 1. The van der Waals surface area contributed by atoms with E-state index in [2.05, 4.69) is 4.98 Å². The van der Waals surface area contributed by atoms with Crippen molar-refractivity contribution in [3.63, 3.8) is 0 Å². The van der Waals surface area contributed by atoms with Gasteiger partial charge < -0.3 is 13.7 Å². The van der Waals surface area contributed by atoms with E-state index in [9.17, 15) is 4.79 Å². The molecule has 4 aromatic rings. The Morgan fingerprint density at radius 3 is 3.00 bits per heavy atom. The first-order valence-electron chi connectivity index (χ1n) is 9.09. The molecule has 0 radical (unpaired) electrons. The second-order valence-electron chi connectivity index (χ2n) is 6.12. The highest BCUT2D eigenvalue weighted by atomic mass is 32.1. The van der Waals surface area contributed by atoms with Gasteiger partial charge in [0, 0.05) is 25.5 Å². The number of thiazole rings is 1. The summed E-state index contributed by atoms with van der Waals surface area (Å²) in [5, 5.41) is 0.634. The summed E-state index contributed by atoms with van der Waals surface area (Å²) in [5.41, 5.74) is 0.774. The van der Waals surface area contributed by atoms with Crippen LogP contribution < -0.4 is 9.64 Å². The highest BCUT2D eigenvalue weighted by Crippen LogP contribution is 2.34. The maximum atomic E-state index is 13.0. The van der Waals surface area contributed by atoms with Gasteiger partial charge in [-0.15, -0.1) is 0 Å². The molecule has 1 aromatic carbocycles. The van der Waals surface area contributed by atoms with Gasteiger partial charge in [-0.1, -0.05) is 17.4 Å². The highest BCUT2D eigenvalue weighted by molar-refractivity contribution is 7.22. The van der Waals surface area contributed by atoms with Crippen molar-refractivity contribution in [1.29, 1.82) is 0 Å². The molecule has 7 nitrogen and oxygen atoms in total. The normalized spacial score (nSPS) is 11.0. The third kappa shape index (κ3) is 3.77. The molecule has 0 N–H and O–H groups in total. The topological polar surface area (TPSA) is 73.4 Å². The van der Waals surface area contributed by atoms with Gasteiger partial charge in [-0.25, -0.2) is 9.97 Å². The number of ether oxygens (including phenoxy) is 1. The second kappa shape index (κ2) is 8.26. The summed E-state index contributed by atoms with van der Waals surface area (Å²) >= 11 is 1.47. The second-order valence-corrected chi connectivity index (χ2v) is 7.13. The summed E-state index contributed by atoms with van der Waals surface area (Å²) in [6.07, 6.45) is 7.68. The molecule has 1 amide bonds. The third-order valence-electron chi connectivity index (χ3n) is 4.24. The lowest BCUT2D eigenvalue weighted by molar-refractivity contribution is 0.0959. The number of carbonyl (C=O) groups is 1. The van der Waals surface area contributed by atoms with E-state index in [1.54, 1.807) is 29.6 Å². The number of carbonyl (C=O) groups excluding carboxylic acids is 1. The Morgan fingerprint density at radius 2 is 2.25 bits per heavy atom. The molecule has 0 unspecified atom stereocenters. The number of nitrogens with zero attached hydrogens (tertiary/aromatic N) is 4. The van der Waals surface area contributed by atoms with Crippen molar-refractivity contribution in [2.45, 2.75) is 19.9 Å². The van der Waals surface area contributed by atoms with Gasteiger partial charge in [0.25, 0.3) is 5.91 Å². The zero-order valence-corrected chi connectivity index (χ0v) is 16.3. The van der Waals surface area contributed by atoms with Gasteiger partial charge >= 0.3 is 0 Å². The molecule has 0 aliphatic rings. The minimum absolute atomic E-state index is 0.201. The van der Waals surface area contributed by atoms with Crippen LogP contribution in [0, 0.1) is 0 Å². The van der Waals surface area contributed by atoms with Crippen LogP contribution in [0.15, 0.2) is 59.7 Å². The Bertz CT molecular complexity index is 1040. The van der Waals surface area contributed by atoms with Crippen molar-refractivity contribution < 1.29 is 13.9 Å². The first-order valence-corrected chi connectivity index (χ1v) is 9.91. The average molecular weight is 396 g/mol. The van der Waals surface area contributed by atoms with Crippen LogP contribution in [0.4, 0.5) is 5.13 Å². The molecule has 0 fully saturated rings. The van der Waals surface area contributed by atoms with Crippen LogP contribution in [0.3, 0.4) is 0 Å². The zero-order chi connectivity index (χ0) is 19.3. The Kier molecular flexibility index (Phi) is 5.38. The van der Waals surface area contributed by atoms with Crippen molar-refractivity contribution in [2.24, 2.45) is 0 Å². The molecule has 3 aromatic heterocycles. The fraction of sp³-hybridized carbons (Fsp3) is 0.250. The Balaban J connectivity index is 1.63. The molecular formula is C20H20N4O3S. The van der Waals surface area contributed by atoms with Gasteiger partial charge in [0.15, 0.2) is 10.9 Å². The van der Waals surface area contributed by atoms with Gasteiger partial charge in [-0.3, -0.25) is 9.69 Å². The summed E-state index contributed by atoms with van der Waals surface area (Å²) in [7, 11) is 0. The molecule has 0 aliphatic heterocycles. The van der Waals surface area contributed by atoms with Crippen LogP contribution in [-0.2, 0) is 6.54 Å². The van der Waals surface area contributed by atoms with E-state index >= 15 is 0 Å². The zero-order valence-electron chi connectivity index (χ0n) is 15.4.